The third kappa shape index (κ3) is 3.13. The molecule has 0 radical (unpaired) electrons. The lowest BCUT2D eigenvalue weighted by molar-refractivity contribution is -0.145. The van der Waals surface area contributed by atoms with E-state index in [0.29, 0.717) is 5.16 Å². The lowest BCUT2D eigenvalue weighted by Crippen LogP contribution is -2.16. The summed E-state index contributed by atoms with van der Waals surface area (Å²) in [4.78, 5) is 15.3. The average molecular weight is 242 g/mol. The van der Waals surface area contributed by atoms with Crippen LogP contribution in [0, 0.1) is 0 Å². The molecule has 1 aliphatic carbocycles. The molecule has 0 saturated heterocycles. The van der Waals surface area contributed by atoms with Gasteiger partial charge in [0.2, 0.25) is 11.1 Å². The number of ether oxygens (including phenoxy) is 1. The van der Waals surface area contributed by atoms with Crippen LogP contribution in [-0.4, -0.2) is 33.0 Å². The number of nitrogen functional groups attached to an aromatic ring is 1. The lowest BCUT2D eigenvalue weighted by Gasteiger charge is -2.09. The van der Waals surface area contributed by atoms with Crippen LogP contribution in [0.2, 0.25) is 0 Å². The Morgan fingerprint density at radius 1 is 1.56 bits per heavy atom. The van der Waals surface area contributed by atoms with Gasteiger partial charge in [-0.25, -0.2) is 5.10 Å². The van der Waals surface area contributed by atoms with Gasteiger partial charge in [-0.3, -0.25) is 4.79 Å². The maximum atomic E-state index is 11.4. The average Bonchev–Trinajstić information content (AvgIpc) is 2.87. The molecule has 1 saturated carbocycles. The van der Waals surface area contributed by atoms with Crippen molar-refractivity contribution in [3.63, 3.8) is 0 Å². The largest absolute Gasteiger partial charge is 0.462 e. The molecule has 6 nitrogen and oxygen atoms in total. The Morgan fingerprint density at radius 2 is 2.31 bits per heavy atom. The van der Waals surface area contributed by atoms with Crippen molar-refractivity contribution in [3.8, 4) is 0 Å². The van der Waals surface area contributed by atoms with Crippen LogP contribution in [0.3, 0.4) is 0 Å². The molecule has 3 N–H and O–H groups in total. The van der Waals surface area contributed by atoms with Gasteiger partial charge in [-0.05, 0) is 25.7 Å². The van der Waals surface area contributed by atoms with Gasteiger partial charge in [0.05, 0.1) is 5.75 Å². The van der Waals surface area contributed by atoms with Gasteiger partial charge in [-0.1, -0.05) is 11.8 Å². The standard InChI is InChI=1S/C9H14N4O2S/c10-8-11-9(13-12-8)16-5-7(14)15-6-3-1-2-4-6/h6H,1-5H2,(H3,10,11,12,13). The summed E-state index contributed by atoms with van der Waals surface area (Å²) in [6.07, 6.45) is 4.41. The van der Waals surface area contributed by atoms with Crippen LogP contribution in [-0.2, 0) is 9.53 Å². The molecule has 1 heterocycles. The number of nitrogens with two attached hydrogens (primary N) is 1. The maximum absolute atomic E-state index is 11.4. The summed E-state index contributed by atoms with van der Waals surface area (Å²) in [6.45, 7) is 0. The summed E-state index contributed by atoms with van der Waals surface area (Å²) >= 11 is 1.22. The van der Waals surface area contributed by atoms with Gasteiger partial charge in [-0.15, -0.1) is 5.10 Å². The first kappa shape index (κ1) is 11.3. The number of rotatable bonds is 4. The quantitative estimate of drug-likeness (QED) is 0.603. The Balaban J connectivity index is 1.71. The molecule has 0 unspecified atom stereocenters. The zero-order valence-corrected chi connectivity index (χ0v) is 9.63. The zero-order chi connectivity index (χ0) is 11.4. The highest BCUT2D eigenvalue weighted by atomic mass is 32.2. The van der Waals surface area contributed by atoms with Crippen LogP contribution >= 0.6 is 11.8 Å². The first-order valence-corrected chi connectivity index (χ1v) is 6.23. The lowest BCUT2D eigenvalue weighted by atomic mass is 10.3. The molecule has 0 bridgehead atoms. The zero-order valence-electron chi connectivity index (χ0n) is 8.81. The molecule has 7 heteroatoms. The van der Waals surface area contributed by atoms with Crippen molar-refractivity contribution >= 4 is 23.7 Å². The van der Waals surface area contributed by atoms with Crippen molar-refractivity contribution in [2.75, 3.05) is 11.5 Å². The van der Waals surface area contributed by atoms with Gasteiger partial charge in [0.25, 0.3) is 0 Å². The molecule has 0 spiro atoms. The summed E-state index contributed by atoms with van der Waals surface area (Å²) in [6, 6.07) is 0. The number of carbonyl (C=O) groups excluding carboxylic acids is 1. The number of esters is 1. The van der Waals surface area contributed by atoms with Gasteiger partial charge >= 0.3 is 5.97 Å². The Bertz CT molecular complexity index is 362. The number of H-pyrrole nitrogens is 1. The van der Waals surface area contributed by atoms with Gasteiger partial charge in [0, 0.05) is 0 Å². The fourth-order valence-corrected chi connectivity index (χ4v) is 2.26. The molecule has 1 aromatic rings. The predicted molar refractivity (Wildman–Crippen MR) is 59.9 cm³/mol. The molecule has 88 valence electrons. The molecular weight excluding hydrogens is 228 g/mol. The second-order valence-electron chi connectivity index (χ2n) is 3.69. The third-order valence-corrected chi connectivity index (χ3v) is 3.22. The second kappa shape index (κ2) is 5.20. The highest BCUT2D eigenvalue weighted by Crippen LogP contribution is 2.22. The SMILES string of the molecule is Nc1nc(SCC(=O)OC2CCCC2)n[nH]1. The molecule has 16 heavy (non-hydrogen) atoms. The van der Waals surface area contributed by atoms with Gasteiger partial charge in [-0.2, -0.15) is 4.98 Å². The normalized spacial score (nSPS) is 16.5. The van der Waals surface area contributed by atoms with Gasteiger partial charge in [0.15, 0.2) is 0 Å². The molecule has 0 aromatic carbocycles. The minimum absolute atomic E-state index is 0.116. The third-order valence-electron chi connectivity index (χ3n) is 2.40. The van der Waals surface area contributed by atoms with E-state index >= 15 is 0 Å². The smallest absolute Gasteiger partial charge is 0.316 e. The molecule has 2 rings (SSSR count). The monoisotopic (exact) mass is 242 g/mol. The van der Waals surface area contributed by atoms with E-state index in [0.717, 1.165) is 25.7 Å². The van der Waals surface area contributed by atoms with E-state index in [4.69, 9.17) is 10.5 Å². The van der Waals surface area contributed by atoms with E-state index in [9.17, 15) is 4.79 Å². The second-order valence-corrected chi connectivity index (χ2v) is 4.63. The number of anilines is 1. The van der Waals surface area contributed by atoms with Crippen molar-refractivity contribution < 1.29 is 9.53 Å². The fraction of sp³-hybridized carbons (Fsp3) is 0.667. The van der Waals surface area contributed by atoms with Crippen molar-refractivity contribution in [2.24, 2.45) is 0 Å². The minimum Gasteiger partial charge on any atom is -0.462 e. The van der Waals surface area contributed by atoms with E-state index in [1.54, 1.807) is 0 Å². The molecule has 0 amide bonds. The summed E-state index contributed by atoms with van der Waals surface area (Å²) in [5.41, 5.74) is 5.36. The Kier molecular flexibility index (Phi) is 3.66. The van der Waals surface area contributed by atoms with Crippen LogP contribution in [0.5, 0.6) is 0 Å². The molecular formula is C9H14N4O2S. The Hall–Kier alpha value is -1.24. The van der Waals surface area contributed by atoms with Crippen LogP contribution in [0.15, 0.2) is 5.16 Å². The molecule has 0 aliphatic heterocycles. The van der Waals surface area contributed by atoms with E-state index in [1.807, 2.05) is 0 Å². The molecule has 1 aromatic heterocycles. The minimum atomic E-state index is -0.208. The van der Waals surface area contributed by atoms with E-state index < -0.39 is 0 Å². The van der Waals surface area contributed by atoms with Crippen LogP contribution in [0.1, 0.15) is 25.7 Å². The molecule has 1 aliphatic rings. The van der Waals surface area contributed by atoms with E-state index in [-0.39, 0.29) is 23.8 Å². The number of aromatic amines is 1. The van der Waals surface area contributed by atoms with Crippen molar-refractivity contribution in [1.29, 1.82) is 0 Å². The van der Waals surface area contributed by atoms with Crippen LogP contribution in [0.4, 0.5) is 5.95 Å². The first-order chi connectivity index (χ1) is 7.74. The summed E-state index contributed by atoms with van der Waals surface area (Å²) < 4.78 is 5.28. The fourth-order valence-electron chi connectivity index (χ4n) is 1.67. The first-order valence-electron chi connectivity index (χ1n) is 5.24. The van der Waals surface area contributed by atoms with E-state index in [1.165, 1.54) is 11.8 Å². The number of carbonyl (C=O) groups is 1. The van der Waals surface area contributed by atoms with Gasteiger partial charge < -0.3 is 10.5 Å². The molecule has 1 fully saturated rings. The van der Waals surface area contributed by atoms with Crippen molar-refractivity contribution in [1.82, 2.24) is 15.2 Å². The number of nitrogens with one attached hydrogen (secondary N) is 1. The number of hydrogen-bond acceptors (Lipinski definition) is 6. The summed E-state index contributed by atoms with van der Waals surface area (Å²) in [7, 11) is 0. The predicted octanol–water partition coefficient (Wildman–Crippen LogP) is 0.965. The number of aromatic nitrogens is 3. The number of thioether (sulfide) groups is 1. The van der Waals surface area contributed by atoms with Crippen molar-refractivity contribution in [2.45, 2.75) is 36.9 Å². The van der Waals surface area contributed by atoms with E-state index in [2.05, 4.69) is 15.2 Å². The van der Waals surface area contributed by atoms with Gasteiger partial charge in [0.1, 0.15) is 6.10 Å². The highest BCUT2D eigenvalue weighted by molar-refractivity contribution is 7.99. The highest BCUT2D eigenvalue weighted by Gasteiger charge is 2.19. The van der Waals surface area contributed by atoms with Crippen LogP contribution < -0.4 is 5.73 Å². The van der Waals surface area contributed by atoms with Crippen LogP contribution in [0.25, 0.3) is 0 Å². The Labute approximate surface area is 97.3 Å². The Morgan fingerprint density at radius 3 is 2.94 bits per heavy atom. The number of hydrogen-bond donors (Lipinski definition) is 2. The topological polar surface area (TPSA) is 93.9 Å². The molecule has 0 atom stereocenters. The summed E-state index contributed by atoms with van der Waals surface area (Å²) in [5, 5.41) is 6.80. The summed E-state index contributed by atoms with van der Waals surface area (Å²) in [5.74, 6) is 0.278. The number of nitrogens with zero attached hydrogens (tertiary/aromatic N) is 2. The maximum Gasteiger partial charge on any atom is 0.316 e. The van der Waals surface area contributed by atoms with Crippen molar-refractivity contribution in [3.05, 3.63) is 0 Å².